The number of hydrogen-bond donors (Lipinski definition) is 2. The number of nitrogens with two attached hydrogens (primary N) is 1. The average molecular weight is 243 g/mol. The topological polar surface area (TPSA) is 46.2 Å². The molecule has 2 fully saturated rings. The maximum Gasteiger partial charge on any atom is 0.0622 e. The van der Waals surface area contributed by atoms with Crippen LogP contribution in [0.4, 0.5) is 0 Å². The molecule has 3 N–H and O–H groups in total. The van der Waals surface area contributed by atoms with Gasteiger partial charge in [-0.25, -0.2) is 0 Å². The fourth-order valence-electron chi connectivity index (χ4n) is 2.75. The van der Waals surface area contributed by atoms with E-state index in [0.29, 0.717) is 5.92 Å². The number of aliphatic hydroxyl groups is 1. The van der Waals surface area contributed by atoms with Crippen molar-refractivity contribution in [2.24, 2.45) is 17.6 Å². The second kappa shape index (κ2) is 5.28. The van der Waals surface area contributed by atoms with Crippen molar-refractivity contribution < 1.29 is 5.11 Å². The molecule has 0 amide bonds. The molecule has 2 nitrogen and oxygen atoms in total. The summed E-state index contributed by atoms with van der Waals surface area (Å²) in [5.41, 5.74) is 6.00. The van der Waals surface area contributed by atoms with Crippen molar-refractivity contribution in [3.8, 4) is 0 Å². The molecule has 0 aromatic heterocycles. The van der Waals surface area contributed by atoms with Gasteiger partial charge < -0.3 is 10.8 Å². The quantitative estimate of drug-likeness (QED) is 0.779. The third-order valence-electron chi connectivity index (χ3n) is 4.16. The summed E-state index contributed by atoms with van der Waals surface area (Å²) in [7, 11) is 0. The molecule has 3 heteroatoms. The Bertz CT molecular complexity index is 232. The molecular weight excluding hydrogens is 218 g/mol. The molecule has 16 heavy (non-hydrogen) atoms. The molecule has 0 aromatic carbocycles. The zero-order chi connectivity index (χ0) is 11.6. The molecule has 2 aliphatic rings. The minimum Gasteiger partial charge on any atom is -0.394 e. The molecule has 0 saturated heterocycles. The third kappa shape index (κ3) is 3.14. The Balaban J connectivity index is 1.76. The minimum atomic E-state index is -0.286. The lowest BCUT2D eigenvalue weighted by Crippen LogP contribution is -2.49. The Morgan fingerprint density at radius 1 is 1.31 bits per heavy atom. The van der Waals surface area contributed by atoms with E-state index in [-0.39, 0.29) is 12.1 Å². The summed E-state index contributed by atoms with van der Waals surface area (Å²) in [4.78, 5) is 0. The summed E-state index contributed by atoms with van der Waals surface area (Å²) in [6, 6.07) is 0. The highest BCUT2D eigenvalue weighted by atomic mass is 32.2. The molecule has 0 heterocycles. The smallest absolute Gasteiger partial charge is 0.0622 e. The van der Waals surface area contributed by atoms with E-state index >= 15 is 0 Å². The van der Waals surface area contributed by atoms with Crippen molar-refractivity contribution in [2.75, 3.05) is 12.4 Å². The van der Waals surface area contributed by atoms with Gasteiger partial charge in [0.05, 0.1) is 12.1 Å². The Hall–Kier alpha value is 0.270. The van der Waals surface area contributed by atoms with Crippen molar-refractivity contribution in [1.29, 1.82) is 0 Å². The van der Waals surface area contributed by atoms with Gasteiger partial charge >= 0.3 is 0 Å². The molecular formula is C13H25NOS. The van der Waals surface area contributed by atoms with Crippen LogP contribution in [0.15, 0.2) is 0 Å². The van der Waals surface area contributed by atoms with E-state index in [1.165, 1.54) is 38.5 Å². The van der Waals surface area contributed by atoms with Gasteiger partial charge in [-0.3, -0.25) is 0 Å². The van der Waals surface area contributed by atoms with Gasteiger partial charge in [0.1, 0.15) is 0 Å². The first kappa shape index (κ1) is 12.7. The summed E-state index contributed by atoms with van der Waals surface area (Å²) in [6.07, 6.45) is 7.90. The summed E-state index contributed by atoms with van der Waals surface area (Å²) in [5.74, 6) is 2.42. The maximum absolute atomic E-state index is 9.44. The summed E-state index contributed by atoms with van der Waals surface area (Å²) < 4.78 is 0. The molecule has 3 unspecified atom stereocenters. The fourth-order valence-corrected chi connectivity index (χ4v) is 4.42. The lowest BCUT2D eigenvalue weighted by Gasteiger charge is -2.32. The van der Waals surface area contributed by atoms with Crippen LogP contribution in [0.25, 0.3) is 0 Å². The van der Waals surface area contributed by atoms with Crippen LogP contribution in [0.5, 0.6) is 0 Å². The van der Waals surface area contributed by atoms with Gasteiger partial charge in [0, 0.05) is 11.0 Å². The first-order valence-electron chi connectivity index (χ1n) is 6.65. The largest absolute Gasteiger partial charge is 0.394 e. The zero-order valence-electron chi connectivity index (χ0n) is 10.3. The van der Waals surface area contributed by atoms with E-state index < -0.39 is 0 Å². The molecule has 3 atom stereocenters. The second-order valence-electron chi connectivity index (χ2n) is 5.87. The van der Waals surface area contributed by atoms with E-state index in [1.807, 2.05) is 11.8 Å². The number of aliphatic hydroxyl groups excluding tert-OH is 1. The fraction of sp³-hybridized carbons (Fsp3) is 1.00. The SMILES string of the molecule is CC1CCCC(SCC(N)(CO)C2CC2)C1. The molecule has 0 bridgehead atoms. The van der Waals surface area contributed by atoms with Crippen LogP contribution in [-0.2, 0) is 0 Å². The Morgan fingerprint density at radius 3 is 2.62 bits per heavy atom. The van der Waals surface area contributed by atoms with Crippen molar-refractivity contribution in [1.82, 2.24) is 0 Å². The molecule has 0 radical (unpaired) electrons. The van der Waals surface area contributed by atoms with E-state index in [1.54, 1.807) is 0 Å². The first-order chi connectivity index (χ1) is 7.64. The van der Waals surface area contributed by atoms with Gasteiger partial charge in [0.2, 0.25) is 0 Å². The van der Waals surface area contributed by atoms with Crippen molar-refractivity contribution in [3.63, 3.8) is 0 Å². The van der Waals surface area contributed by atoms with E-state index in [4.69, 9.17) is 5.73 Å². The Labute approximate surface area is 103 Å². The molecule has 0 spiro atoms. The Morgan fingerprint density at radius 2 is 2.06 bits per heavy atom. The number of hydrogen-bond acceptors (Lipinski definition) is 3. The van der Waals surface area contributed by atoms with Crippen LogP contribution in [0, 0.1) is 11.8 Å². The first-order valence-corrected chi connectivity index (χ1v) is 7.70. The zero-order valence-corrected chi connectivity index (χ0v) is 11.1. The molecule has 94 valence electrons. The lowest BCUT2D eigenvalue weighted by atomic mass is 9.90. The van der Waals surface area contributed by atoms with Crippen LogP contribution in [-0.4, -0.2) is 28.3 Å². The van der Waals surface area contributed by atoms with Gasteiger partial charge in [-0.2, -0.15) is 11.8 Å². The summed E-state index contributed by atoms with van der Waals surface area (Å²) in [6.45, 7) is 2.52. The third-order valence-corrected chi connectivity index (χ3v) is 5.76. The van der Waals surface area contributed by atoms with E-state index in [0.717, 1.165) is 16.9 Å². The highest BCUT2D eigenvalue weighted by molar-refractivity contribution is 8.00. The second-order valence-corrected chi connectivity index (χ2v) is 7.16. The molecule has 2 aliphatic carbocycles. The summed E-state index contributed by atoms with van der Waals surface area (Å²) in [5, 5.41) is 10.2. The van der Waals surface area contributed by atoms with Gasteiger partial charge in [-0.05, 0) is 37.5 Å². The normalized spacial score (nSPS) is 34.7. The van der Waals surface area contributed by atoms with Gasteiger partial charge in [0.25, 0.3) is 0 Å². The van der Waals surface area contributed by atoms with Crippen LogP contribution in [0.2, 0.25) is 0 Å². The molecule has 2 saturated carbocycles. The van der Waals surface area contributed by atoms with Crippen LogP contribution < -0.4 is 5.73 Å². The van der Waals surface area contributed by atoms with Crippen LogP contribution in [0.3, 0.4) is 0 Å². The Kier molecular flexibility index (Phi) is 4.20. The average Bonchev–Trinajstić information content (AvgIpc) is 3.10. The van der Waals surface area contributed by atoms with Crippen LogP contribution in [0.1, 0.15) is 45.4 Å². The maximum atomic E-state index is 9.44. The monoisotopic (exact) mass is 243 g/mol. The van der Waals surface area contributed by atoms with Gasteiger partial charge in [-0.1, -0.05) is 19.8 Å². The predicted octanol–water partition coefficient (Wildman–Crippen LogP) is 2.40. The van der Waals surface area contributed by atoms with Crippen LogP contribution >= 0.6 is 11.8 Å². The minimum absolute atomic E-state index is 0.160. The van der Waals surface area contributed by atoms with Gasteiger partial charge in [0.15, 0.2) is 0 Å². The highest BCUT2D eigenvalue weighted by Gasteiger charge is 2.42. The van der Waals surface area contributed by atoms with Gasteiger partial charge in [-0.15, -0.1) is 0 Å². The molecule has 0 aliphatic heterocycles. The highest BCUT2D eigenvalue weighted by Crippen LogP contribution is 2.41. The summed E-state index contributed by atoms with van der Waals surface area (Å²) >= 11 is 2.02. The molecule has 2 rings (SSSR count). The predicted molar refractivity (Wildman–Crippen MR) is 70.6 cm³/mol. The van der Waals surface area contributed by atoms with Crippen molar-refractivity contribution in [2.45, 2.75) is 56.2 Å². The molecule has 0 aromatic rings. The van der Waals surface area contributed by atoms with Crippen molar-refractivity contribution >= 4 is 11.8 Å². The standard InChI is InChI=1S/C13H25NOS/c1-10-3-2-4-12(7-10)16-9-13(14,8-15)11-5-6-11/h10-12,15H,2-9,14H2,1H3. The number of thioether (sulfide) groups is 1. The van der Waals surface area contributed by atoms with Crippen molar-refractivity contribution in [3.05, 3.63) is 0 Å². The van der Waals surface area contributed by atoms with E-state index in [2.05, 4.69) is 6.92 Å². The van der Waals surface area contributed by atoms with E-state index in [9.17, 15) is 5.11 Å². The number of rotatable bonds is 5. The lowest BCUT2D eigenvalue weighted by molar-refractivity contribution is 0.194.